The summed E-state index contributed by atoms with van der Waals surface area (Å²) in [5.74, 6) is -0.507. The number of benzene rings is 1. The number of hydrogen-bond donors (Lipinski definition) is 1. The molecule has 0 saturated heterocycles. The van der Waals surface area contributed by atoms with E-state index in [1.54, 1.807) is 36.5 Å². The third-order valence-corrected chi connectivity index (χ3v) is 4.04. The summed E-state index contributed by atoms with van der Waals surface area (Å²) in [5.41, 5.74) is 0.902. The molecule has 1 amide bonds. The number of aromatic nitrogens is 3. The number of ether oxygens (including phenoxy) is 1. The highest BCUT2D eigenvalue weighted by atomic mass is 35.5. The fourth-order valence-electron chi connectivity index (χ4n) is 2.16. The van der Waals surface area contributed by atoms with E-state index in [0.29, 0.717) is 27.3 Å². The van der Waals surface area contributed by atoms with E-state index in [-0.39, 0.29) is 18.7 Å². The predicted octanol–water partition coefficient (Wildman–Crippen LogP) is 3.55. The largest absolute Gasteiger partial charge is 0.456 e. The Bertz CT molecular complexity index is 979. The number of halogens is 2. The van der Waals surface area contributed by atoms with E-state index in [0.717, 1.165) is 0 Å². The number of amides is 1. The van der Waals surface area contributed by atoms with Crippen molar-refractivity contribution in [1.82, 2.24) is 15.1 Å². The molecule has 144 valence electrons. The lowest BCUT2D eigenvalue weighted by atomic mass is 10.3. The van der Waals surface area contributed by atoms with Crippen molar-refractivity contribution in [1.29, 1.82) is 0 Å². The number of hydrogen-bond acceptors (Lipinski definition) is 7. The van der Waals surface area contributed by atoms with Crippen molar-refractivity contribution < 1.29 is 18.8 Å². The van der Waals surface area contributed by atoms with Crippen LogP contribution < -0.4 is 5.32 Å². The molecular weight excluding hydrogens is 407 g/mol. The molecule has 0 aliphatic rings. The molecule has 0 radical (unpaired) electrons. The second kappa shape index (κ2) is 9.29. The molecule has 1 N–H and O–H groups in total. The second-order valence-corrected chi connectivity index (χ2v) is 6.40. The highest BCUT2D eigenvalue weighted by Crippen LogP contribution is 2.25. The first-order chi connectivity index (χ1) is 13.5. The minimum atomic E-state index is -0.579. The third kappa shape index (κ3) is 5.51. The Morgan fingerprint density at radius 2 is 2.04 bits per heavy atom. The van der Waals surface area contributed by atoms with Crippen LogP contribution in [0, 0.1) is 0 Å². The molecule has 3 rings (SSSR count). The van der Waals surface area contributed by atoms with Crippen molar-refractivity contribution in [3.05, 3.63) is 58.5 Å². The smallest absolute Gasteiger partial charge is 0.306 e. The molecule has 2 heterocycles. The molecular formula is C18H14Cl2N4O4. The Labute approximate surface area is 169 Å². The standard InChI is InChI=1S/C18H14Cl2N4O4/c19-11-4-5-12(20)14(9-11)22-15(25)10-27-17(26)7-6-16-23-18(24-28-16)13-3-1-2-8-21-13/h1-5,8-9H,6-7,10H2,(H,22,25). The number of carbonyl (C=O) groups excluding carboxylic acids is 2. The molecule has 1 aromatic carbocycles. The minimum absolute atomic E-state index is 0.0188. The maximum Gasteiger partial charge on any atom is 0.306 e. The Balaban J connectivity index is 1.44. The van der Waals surface area contributed by atoms with E-state index >= 15 is 0 Å². The number of pyridine rings is 1. The summed E-state index contributed by atoms with van der Waals surface area (Å²) in [5, 5.41) is 7.08. The molecule has 0 unspecified atom stereocenters. The zero-order valence-electron chi connectivity index (χ0n) is 14.4. The van der Waals surface area contributed by atoms with Gasteiger partial charge in [0.05, 0.1) is 17.1 Å². The maximum atomic E-state index is 11.9. The topological polar surface area (TPSA) is 107 Å². The number of nitrogens with zero attached hydrogens (tertiary/aromatic N) is 3. The first-order valence-corrected chi connectivity index (χ1v) is 8.91. The molecule has 28 heavy (non-hydrogen) atoms. The van der Waals surface area contributed by atoms with E-state index in [4.69, 9.17) is 32.5 Å². The van der Waals surface area contributed by atoms with Crippen molar-refractivity contribution >= 4 is 40.8 Å². The molecule has 0 atom stereocenters. The second-order valence-electron chi connectivity index (χ2n) is 5.56. The molecule has 0 spiro atoms. The summed E-state index contributed by atoms with van der Waals surface area (Å²) in [7, 11) is 0. The number of esters is 1. The van der Waals surface area contributed by atoms with Gasteiger partial charge in [-0.15, -0.1) is 0 Å². The minimum Gasteiger partial charge on any atom is -0.456 e. The van der Waals surface area contributed by atoms with Crippen LogP contribution in [0.1, 0.15) is 12.3 Å². The van der Waals surface area contributed by atoms with Crippen LogP contribution in [0.4, 0.5) is 5.69 Å². The zero-order chi connectivity index (χ0) is 19.9. The van der Waals surface area contributed by atoms with E-state index in [1.165, 1.54) is 6.07 Å². The monoisotopic (exact) mass is 420 g/mol. The van der Waals surface area contributed by atoms with Crippen LogP contribution in [0.25, 0.3) is 11.5 Å². The average Bonchev–Trinajstić information content (AvgIpc) is 3.17. The molecule has 3 aromatic rings. The number of anilines is 1. The average molecular weight is 421 g/mol. The summed E-state index contributed by atoms with van der Waals surface area (Å²) in [6, 6.07) is 9.96. The summed E-state index contributed by atoms with van der Waals surface area (Å²) < 4.78 is 10.0. The first kappa shape index (κ1) is 19.8. The van der Waals surface area contributed by atoms with Gasteiger partial charge in [-0.2, -0.15) is 4.98 Å². The van der Waals surface area contributed by atoms with Crippen LogP contribution in [0.3, 0.4) is 0 Å². The van der Waals surface area contributed by atoms with Crippen LogP contribution in [0.15, 0.2) is 47.1 Å². The molecule has 0 aliphatic heterocycles. The highest BCUT2D eigenvalue weighted by Gasteiger charge is 2.14. The van der Waals surface area contributed by atoms with E-state index in [2.05, 4.69) is 20.4 Å². The van der Waals surface area contributed by atoms with Gasteiger partial charge in [0.1, 0.15) is 5.69 Å². The molecule has 0 fully saturated rings. The lowest BCUT2D eigenvalue weighted by molar-refractivity contribution is -0.147. The van der Waals surface area contributed by atoms with E-state index in [1.807, 2.05) is 0 Å². The first-order valence-electron chi connectivity index (χ1n) is 8.16. The summed E-state index contributed by atoms with van der Waals surface area (Å²) in [6.45, 7) is -0.454. The summed E-state index contributed by atoms with van der Waals surface area (Å²) in [4.78, 5) is 32.0. The Kier molecular flexibility index (Phi) is 6.57. The zero-order valence-corrected chi connectivity index (χ0v) is 15.9. The van der Waals surface area contributed by atoms with Crippen molar-refractivity contribution in [2.75, 3.05) is 11.9 Å². The molecule has 0 saturated carbocycles. The lowest BCUT2D eigenvalue weighted by Crippen LogP contribution is -2.21. The quantitative estimate of drug-likeness (QED) is 0.582. The van der Waals surface area contributed by atoms with Gasteiger partial charge < -0.3 is 14.6 Å². The van der Waals surface area contributed by atoms with Gasteiger partial charge in [-0.3, -0.25) is 14.6 Å². The third-order valence-electron chi connectivity index (χ3n) is 3.47. The van der Waals surface area contributed by atoms with Crippen LogP contribution in [-0.4, -0.2) is 33.6 Å². The van der Waals surface area contributed by atoms with Crippen LogP contribution in [0.5, 0.6) is 0 Å². The number of carbonyl (C=O) groups is 2. The van der Waals surface area contributed by atoms with Gasteiger partial charge in [0.15, 0.2) is 6.61 Å². The van der Waals surface area contributed by atoms with E-state index < -0.39 is 18.5 Å². The molecule has 10 heteroatoms. The Hall–Kier alpha value is -2.97. The fraction of sp³-hybridized carbons (Fsp3) is 0.167. The van der Waals surface area contributed by atoms with Crippen molar-refractivity contribution in [2.45, 2.75) is 12.8 Å². The molecule has 2 aromatic heterocycles. The Morgan fingerprint density at radius 1 is 1.18 bits per heavy atom. The normalized spacial score (nSPS) is 10.5. The van der Waals surface area contributed by atoms with Gasteiger partial charge >= 0.3 is 5.97 Å². The SMILES string of the molecule is O=C(COC(=O)CCc1nc(-c2ccccn2)no1)Nc1cc(Cl)ccc1Cl. The van der Waals surface area contributed by atoms with Gasteiger partial charge in [-0.05, 0) is 30.3 Å². The van der Waals surface area contributed by atoms with Crippen molar-refractivity contribution in [3.63, 3.8) is 0 Å². The van der Waals surface area contributed by atoms with Gasteiger partial charge in [-0.25, -0.2) is 0 Å². The van der Waals surface area contributed by atoms with Gasteiger partial charge in [0.2, 0.25) is 11.7 Å². The van der Waals surface area contributed by atoms with E-state index in [9.17, 15) is 9.59 Å². The number of aryl methyl sites for hydroxylation is 1. The number of rotatable bonds is 7. The van der Waals surface area contributed by atoms with Gasteiger partial charge in [0.25, 0.3) is 5.91 Å². The number of nitrogens with one attached hydrogen (secondary N) is 1. The van der Waals surface area contributed by atoms with Crippen LogP contribution in [0.2, 0.25) is 10.0 Å². The van der Waals surface area contributed by atoms with Crippen LogP contribution >= 0.6 is 23.2 Å². The maximum absolute atomic E-state index is 11.9. The highest BCUT2D eigenvalue weighted by molar-refractivity contribution is 6.35. The summed E-state index contributed by atoms with van der Waals surface area (Å²) in [6.07, 6.45) is 1.78. The Morgan fingerprint density at radius 3 is 2.82 bits per heavy atom. The lowest BCUT2D eigenvalue weighted by Gasteiger charge is -2.08. The van der Waals surface area contributed by atoms with Crippen molar-refractivity contribution in [3.8, 4) is 11.5 Å². The van der Waals surface area contributed by atoms with Crippen LogP contribution in [-0.2, 0) is 20.7 Å². The molecule has 0 bridgehead atoms. The molecule has 8 nitrogen and oxygen atoms in total. The summed E-state index contributed by atoms with van der Waals surface area (Å²) >= 11 is 11.8. The predicted molar refractivity (Wildman–Crippen MR) is 102 cm³/mol. The van der Waals surface area contributed by atoms with Gasteiger partial charge in [0, 0.05) is 17.6 Å². The van der Waals surface area contributed by atoms with Crippen molar-refractivity contribution in [2.24, 2.45) is 0 Å². The fourth-order valence-corrected chi connectivity index (χ4v) is 2.50. The van der Waals surface area contributed by atoms with Gasteiger partial charge in [-0.1, -0.05) is 34.4 Å². The molecule has 0 aliphatic carbocycles.